The maximum atomic E-state index is 13.2. The predicted molar refractivity (Wildman–Crippen MR) is 121 cm³/mol. The molecule has 4 rings (SSSR count). The highest BCUT2D eigenvalue weighted by Gasteiger charge is 2.37. The molecule has 0 aliphatic carbocycles. The van der Waals surface area contributed by atoms with Gasteiger partial charge in [0.15, 0.2) is 0 Å². The Morgan fingerprint density at radius 1 is 1.20 bits per heavy atom. The first kappa shape index (κ1) is 21.1. The van der Waals surface area contributed by atoms with E-state index in [1.165, 1.54) is 5.56 Å². The van der Waals surface area contributed by atoms with Crippen molar-refractivity contribution in [2.24, 2.45) is 0 Å². The van der Waals surface area contributed by atoms with Crippen molar-refractivity contribution in [2.45, 2.75) is 52.1 Å². The second-order valence-corrected chi connectivity index (χ2v) is 9.60. The highest BCUT2D eigenvalue weighted by molar-refractivity contribution is 6.35. The molecule has 2 aliphatic rings. The van der Waals surface area contributed by atoms with E-state index in [1.54, 1.807) is 13.0 Å². The maximum Gasteiger partial charge on any atom is 0.338 e. The van der Waals surface area contributed by atoms with Gasteiger partial charge in [0.25, 0.3) is 0 Å². The van der Waals surface area contributed by atoms with Crippen LogP contribution in [0.1, 0.15) is 56.7 Å². The standard InChI is InChI=1S/C24H25Cl2NO3/c1-13-20(23(28)30-24(2,3)4)21(17-11-16(25)12-18(26)22(17)29-13)15-7-8-19-14(10-15)6-5-9-27-19/h7-8,10-12,21,27H,5-6,9H2,1-4H3/t21-/m1/s1. The predicted octanol–water partition coefficient (Wildman–Crippen LogP) is 6.49. The summed E-state index contributed by atoms with van der Waals surface area (Å²) in [6.45, 7) is 8.31. The molecule has 158 valence electrons. The van der Waals surface area contributed by atoms with Crippen LogP contribution in [0.4, 0.5) is 5.69 Å². The number of rotatable bonds is 2. The molecule has 1 atom stereocenters. The monoisotopic (exact) mass is 445 g/mol. The van der Waals surface area contributed by atoms with Crippen LogP contribution in [0.15, 0.2) is 41.7 Å². The average molecular weight is 446 g/mol. The van der Waals surface area contributed by atoms with E-state index in [9.17, 15) is 4.79 Å². The summed E-state index contributed by atoms with van der Waals surface area (Å²) in [7, 11) is 0. The number of esters is 1. The summed E-state index contributed by atoms with van der Waals surface area (Å²) < 4.78 is 11.7. The Morgan fingerprint density at radius 2 is 1.97 bits per heavy atom. The summed E-state index contributed by atoms with van der Waals surface area (Å²) in [5.41, 5.74) is 3.98. The maximum absolute atomic E-state index is 13.2. The van der Waals surface area contributed by atoms with Gasteiger partial charge in [0, 0.05) is 28.7 Å². The van der Waals surface area contributed by atoms with Gasteiger partial charge in [-0.3, -0.25) is 0 Å². The van der Waals surface area contributed by atoms with E-state index >= 15 is 0 Å². The van der Waals surface area contributed by atoms with Crippen LogP contribution in [0.3, 0.4) is 0 Å². The van der Waals surface area contributed by atoms with Crippen molar-refractivity contribution in [1.29, 1.82) is 0 Å². The average Bonchev–Trinajstić information content (AvgIpc) is 2.66. The fraction of sp³-hybridized carbons (Fsp3) is 0.375. The van der Waals surface area contributed by atoms with Gasteiger partial charge in [-0.15, -0.1) is 0 Å². The van der Waals surface area contributed by atoms with Crippen LogP contribution >= 0.6 is 23.2 Å². The van der Waals surface area contributed by atoms with Gasteiger partial charge in [-0.1, -0.05) is 35.3 Å². The van der Waals surface area contributed by atoms with Crippen LogP contribution in [0.25, 0.3) is 0 Å². The van der Waals surface area contributed by atoms with Crippen LogP contribution in [0, 0.1) is 0 Å². The third-order valence-electron chi connectivity index (χ3n) is 5.29. The van der Waals surface area contributed by atoms with E-state index in [-0.39, 0.29) is 5.92 Å². The number of carbonyl (C=O) groups is 1. The van der Waals surface area contributed by atoms with Gasteiger partial charge in [-0.2, -0.15) is 0 Å². The number of fused-ring (bicyclic) bond motifs is 2. The lowest BCUT2D eigenvalue weighted by Crippen LogP contribution is -2.30. The van der Waals surface area contributed by atoms with Crippen molar-refractivity contribution in [3.63, 3.8) is 0 Å². The van der Waals surface area contributed by atoms with Gasteiger partial charge < -0.3 is 14.8 Å². The fourth-order valence-corrected chi connectivity index (χ4v) is 4.63. The molecule has 1 N–H and O–H groups in total. The minimum Gasteiger partial charge on any atom is -0.460 e. The molecule has 0 saturated carbocycles. The second-order valence-electron chi connectivity index (χ2n) is 8.76. The molecule has 0 fully saturated rings. The van der Waals surface area contributed by atoms with Crippen molar-refractivity contribution in [1.82, 2.24) is 0 Å². The summed E-state index contributed by atoms with van der Waals surface area (Å²) in [6, 6.07) is 9.76. The molecule has 0 radical (unpaired) electrons. The Balaban J connectivity index is 1.90. The number of hydrogen-bond donors (Lipinski definition) is 1. The molecule has 2 heterocycles. The molecule has 0 bridgehead atoms. The van der Waals surface area contributed by atoms with E-state index in [4.69, 9.17) is 32.7 Å². The quantitative estimate of drug-likeness (QED) is 0.536. The minimum atomic E-state index is -0.624. The molecule has 2 aliphatic heterocycles. The highest BCUT2D eigenvalue weighted by Crippen LogP contribution is 2.48. The molecule has 2 aromatic carbocycles. The molecule has 2 aromatic rings. The smallest absolute Gasteiger partial charge is 0.338 e. The molecule has 0 saturated heterocycles. The number of anilines is 1. The molecular formula is C24H25Cl2NO3. The van der Waals surface area contributed by atoms with Gasteiger partial charge in [0.2, 0.25) is 0 Å². The SMILES string of the molecule is CC1=C(C(=O)OC(C)(C)C)[C@H](c2ccc3c(c2)CCCN3)c2cc(Cl)cc(Cl)c2O1. The number of ether oxygens (including phenoxy) is 2. The summed E-state index contributed by atoms with van der Waals surface area (Å²) in [6.07, 6.45) is 2.07. The Kier molecular flexibility index (Phi) is 5.50. The minimum absolute atomic E-state index is 0.382. The molecule has 0 unspecified atom stereocenters. The van der Waals surface area contributed by atoms with Gasteiger partial charge >= 0.3 is 5.97 Å². The lowest BCUT2D eigenvalue weighted by atomic mass is 9.81. The van der Waals surface area contributed by atoms with Crippen molar-refractivity contribution < 1.29 is 14.3 Å². The Bertz CT molecular complexity index is 1050. The number of halogens is 2. The van der Waals surface area contributed by atoms with Crippen molar-refractivity contribution in [3.8, 4) is 5.75 Å². The fourth-order valence-electron chi connectivity index (χ4n) is 4.08. The van der Waals surface area contributed by atoms with Gasteiger partial charge in [0.05, 0.1) is 10.6 Å². The van der Waals surface area contributed by atoms with Crippen LogP contribution in [0.5, 0.6) is 5.75 Å². The zero-order chi connectivity index (χ0) is 21.6. The zero-order valence-electron chi connectivity index (χ0n) is 17.6. The van der Waals surface area contributed by atoms with Crippen LogP contribution < -0.4 is 10.1 Å². The van der Waals surface area contributed by atoms with Gasteiger partial charge in [0.1, 0.15) is 17.1 Å². The van der Waals surface area contributed by atoms with Crippen LogP contribution in [0.2, 0.25) is 10.0 Å². The topological polar surface area (TPSA) is 47.6 Å². The molecule has 0 amide bonds. The highest BCUT2D eigenvalue weighted by atomic mass is 35.5. The van der Waals surface area contributed by atoms with E-state index in [2.05, 4.69) is 17.4 Å². The number of aryl methyl sites for hydroxylation is 1. The molecule has 4 nitrogen and oxygen atoms in total. The van der Waals surface area contributed by atoms with E-state index < -0.39 is 11.6 Å². The number of benzene rings is 2. The number of nitrogens with one attached hydrogen (secondary N) is 1. The Morgan fingerprint density at radius 3 is 2.70 bits per heavy atom. The summed E-state index contributed by atoms with van der Waals surface area (Å²) in [5, 5.41) is 4.35. The first-order valence-corrected chi connectivity index (χ1v) is 10.9. The lowest BCUT2D eigenvalue weighted by molar-refractivity contribution is -0.150. The third kappa shape index (κ3) is 4.03. The first-order valence-electron chi connectivity index (χ1n) is 10.1. The summed E-state index contributed by atoms with van der Waals surface area (Å²) in [5.74, 6) is 0.239. The normalized spacial score (nSPS) is 18.1. The van der Waals surface area contributed by atoms with Crippen molar-refractivity contribution >= 4 is 34.9 Å². The van der Waals surface area contributed by atoms with E-state index in [0.29, 0.717) is 27.1 Å². The molecule has 30 heavy (non-hydrogen) atoms. The van der Waals surface area contributed by atoms with Gasteiger partial charge in [-0.25, -0.2) is 4.79 Å². The van der Waals surface area contributed by atoms with Crippen LogP contribution in [-0.2, 0) is 16.0 Å². The Hall–Kier alpha value is -2.17. The summed E-state index contributed by atoms with van der Waals surface area (Å²) in [4.78, 5) is 13.2. The van der Waals surface area contributed by atoms with Gasteiger partial charge in [-0.05, 0) is 69.9 Å². The number of hydrogen-bond acceptors (Lipinski definition) is 4. The van der Waals surface area contributed by atoms with Crippen molar-refractivity contribution in [2.75, 3.05) is 11.9 Å². The first-order chi connectivity index (χ1) is 14.1. The van der Waals surface area contributed by atoms with Crippen LogP contribution in [-0.4, -0.2) is 18.1 Å². The molecular weight excluding hydrogens is 421 g/mol. The zero-order valence-corrected chi connectivity index (χ0v) is 19.1. The molecule has 0 aromatic heterocycles. The lowest BCUT2D eigenvalue weighted by Gasteiger charge is -2.32. The molecule has 6 heteroatoms. The summed E-state index contributed by atoms with van der Waals surface area (Å²) >= 11 is 12.8. The van der Waals surface area contributed by atoms with E-state index in [0.717, 1.165) is 36.2 Å². The second kappa shape index (κ2) is 7.82. The largest absolute Gasteiger partial charge is 0.460 e. The number of carbonyl (C=O) groups excluding carboxylic acids is 1. The third-order valence-corrected chi connectivity index (χ3v) is 5.79. The van der Waals surface area contributed by atoms with E-state index in [1.807, 2.05) is 32.9 Å². The van der Waals surface area contributed by atoms with Crippen molar-refractivity contribution in [3.05, 3.63) is 68.4 Å². The Labute approximate surface area is 187 Å². The number of allylic oxidation sites excluding steroid dienone is 1. The molecule has 0 spiro atoms.